The number of aromatic amines is 1. The quantitative estimate of drug-likeness (QED) is 0.676. The molecule has 0 spiro atoms. The molecule has 1 aromatic rings. The number of hydrogen-bond acceptors (Lipinski definition) is 4. The Morgan fingerprint density at radius 1 is 1.56 bits per heavy atom. The number of hydrogen-bond donors (Lipinski definition) is 3. The van der Waals surface area contributed by atoms with Gasteiger partial charge in [-0.3, -0.25) is 5.10 Å². The molecule has 9 heteroatoms. The Bertz CT molecular complexity index is 457. The minimum Gasteiger partial charge on any atom is -0.390 e. The van der Waals surface area contributed by atoms with Crippen LogP contribution in [0.5, 0.6) is 0 Å². The number of H-pyrrole nitrogens is 1. The molecule has 0 radical (unpaired) electrons. The van der Waals surface area contributed by atoms with Crippen LogP contribution in [0.4, 0.5) is 8.78 Å². The van der Waals surface area contributed by atoms with Gasteiger partial charge in [-0.05, 0) is 6.92 Å². The Morgan fingerprint density at radius 2 is 2.19 bits per heavy atom. The summed E-state index contributed by atoms with van der Waals surface area (Å²) >= 11 is 0. The second-order valence-electron chi connectivity index (χ2n) is 3.03. The normalized spacial score (nSPS) is 12.3. The molecule has 0 saturated heterocycles. The topological polar surface area (TPSA) is 95.1 Å². The highest BCUT2D eigenvalue weighted by Gasteiger charge is 2.24. The van der Waals surface area contributed by atoms with Crippen LogP contribution in [-0.2, 0) is 16.6 Å². The van der Waals surface area contributed by atoms with Gasteiger partial charge in [-0.25, -0.2) is 21.9 Å². The van der Waals surface area contributed by atoms with Gasteiger partial charge < -0.3 is 5.11 Å². The number of nitrogens with zero attached hydrogens (tertiary/aromatic N) is 1. The van der Waals surface area contributed by atoms with Gasteiger partial charge in [0.2, 0.25) is 10.0 Å². The number of halogens is 2. The Labute approximate surface area is 90.7 Å². The van der Waals surface area contributed by atoms with Crippen LogP contribution >= 0.6 is 0 Å². The summed E-state index contributed by atoms with van der Waals surface area (Å²) in [7, 11) is -4.07. The molecule has 16 heavy (non-hydrogen) atoms. The van der Waals surface area contributed by atoms with E-state index >= 15 is 0 Å². The lowest BCUT2D eigenvalue weighted by atomic mass is 10.4. The van der Waals surface area contributed by atoms with Crippen molar-refractivity contribution < 1.29 is 22.3 Å². The Balaban J connectivity index is 3.02. The van der Waals surface area contributed by atoms with E-state index in [-0.39, 0.29) is 16.3 Å². The molecule has 1 rings (SSSR count). The van der Waals surface area contributed by atoms with Crippen molar-refractivity contribution in [2.24, 2.45) is 0 Å². The maximum Gasteiger partial charge on any atom is 0.251 e. The van der Waals surface area contributed by atoms with Crippen molar-refractivity contribution in [2.45, 2.75) is 24.9 Å². The molecule has 0 unspecified atom stereocenters. The van der Waals surface area contributed by atoms with Gasteiger partial charge in [-0.1, -0.05) is 0 Å². The summed E-state index contributed by atoms with van der Waals surface area (Å²) in [6.45, 7) is -0.143. The summed E-state index contributed by atoms with van der Waals surface area (Å²) in [6.07, 6.45) is -2.78. The molecule has 0 bridgehead atoms. The number of rotatable bonds is 5. The van der Waals surface area contributed by atoms with E-state index < -0.39 is 29.6 Å². The zero-order valence-electron chi connectivity index (χ0n) is 8.37. The van der Waals surface area contributed by atoms with Crippen LogP contribution in [0.15, 0.2) is 4.90 Å². The fourth-order valence-corrected chi connectivity index (χ4v) is 2.54. The summed E-state index contributed by atoms with van der Waals surface area (Å²) in [4.78, 5) is -0.282. The van der Waals surface area contributed by atoms with Crippen LogP contribution in [0.25, 0.3) is 0 Å². The number of nitrogens with one attached hydrogen (secondary N) is 2. The van der Waals surface area contributed by atoms with Crippen molar-refractivity contribution in [1.82, 2.24) is 14.9 Å². The lowest BCUT2D eigenvalue weighted by Crippen LogP contribution is -2.29. The average Bonchev–Trinajstić information content (AvgIpc) is 2.57. The number of aromatic nitrogens is 2. The first-order chi connectivity index (χ1) is 7.38. The van der Waals surface area contributed by atoms with Crippen LogP contribution in [0.2, 0.25) is 0 Å². The summed E-state index contributed by atoms with van der Waals surface area (Å²) < 4.78 is 48.7. The predicted molar refractivity (Wildman–Crippen MR) is 50.4 cm³/mol. The zero-order valence-corrected chi connectivity index (χ0v) is 9.18. The zero-order chi connectivity index (χ0) is 12.3. The first kappa shape index (κ1) is 13.0. The highest BCUT2D eigenvalue weighted by molar-refractivity contribution is 7.89. The molecule has 0 saturated carbocycles. The largest absolute Gasteiger partial charge is 0.390 e. The van der Waals surface area contributed by atoms with Crippen molar-refractivity contribution in [3.63, 3.8) is 0 Å². The lowest BCUT2D eigenvalue weighted by Gasteiger charge is -2.06. The molecule has 0 aromatic carbocycles. The summed E-state index contributed by atoms with van der Waals surface area (Å²) in [5, 5.41) is 14.8. The standard InChI is InChI=1S/C7H11F2N3O3S/c1-4-7(5(3-13)12-11-4)16(14,15)10-2-6(8)9/h6,10,13H,2-3H2,1H3,(H,11,12). The number of aliphatic hydroxyl groups excluding tert-OH is 1. The van der Waals surface area contributed by atoms with Crippen LogP contribution in [-0.4, -0.2) is 36.7 Å². The number of aryl methyl sites for hydroxylation is 1. The van der Waals surface area contributed by atoms with Crippen LogP contribution < -0.4 is 4.72 Å². The lowest BCUT2D eigenvalue weighted by molar-refractivity contribution is 0.153. The summed E-state index contributed by atoms with van der Waals surface area (Å²) in [6, 6.07) is 0. The second-order valence-corrected chi connectivity index (χ2v) is 4.73. The minimum atomic E-state index is -4.07. The molecule has 0 amide bonds. The van der Waals surface area contributed by atoms with E-state index in [0.717, 1.165) is 0 Å². The molecule has 92 valence electrons. The first-order valence-electron chi connectivity index (χ1n) is 4.31. The first-order valence-corrected chi connectivity index (χ1v) is 5.79. The van der Waals surface area contributed by atoms with Crippen molar-refractivity contribution in [3.8, 4) is 0 Å². The molecule has 0 aliphatic rings. The summed E-state index contributed by atoms with van der Waals surface area (Å²) in [5.41, 5.74) is 0.0880. The van der Waals surface area contributed by atoms with Gasteiger partial charge in [0.1, 0.15) is 10.6 Å². The molecule has 1 aromatic heterocycles. The van der Waals surface area contributed by atoms with Gasteiger partial charge in [0.25, 0.3) is 6.43 Å². The maximum atomic E-state index is 11.9. The van der Waals surface area contributed by atoms with Crippen LogP contribution in [0.1, 0.15) is 11.4 Å². The third-order valence-electron chi connectivity index (χ3n) is 1.81. The number of sulfonamides is 1. The van der Waals surface area contributed by atoms with E-state index in [1.54, 1.807) is 4.72 Å². The summed E-state index contributed by atoms with van der Waals surface area (Å²) in [5.74, 6) is 0. The van der Waals surface area contributed by atoms with Crippen molar-refractivity contribution in [1.29, 1.82) is 0 Å². The van der Waals surface area contributed by atoms with Gasteiger partial charge in [-0.15, -0.1) is 0 Å². The molecule has 1 heterocycles. The van der Waals surface area contributed by atoms with Gasteiger partial charge in [0.15, 0.2) is 0 Å². The van der Waals surface area contributed by atoms with Gasteiger partial charge >= 0.3 is 0 Å². The smallest absolute Gasteiger partial charge is 0.251 e. The van der Waals surface area contributed by atoms with E-state index in [4.69, 9.17) is 5.11 Å². The number of alkyl halides is 2. The highest BCUT2D eigenvalue weighted by Crippen LogP contribution is 2.17. The van der Waals surface area contributed by atoms with Crippen molar-refractivity contribution in [3.05, 3.63) is 11.4 Å². The number of aliphatic hydroxyl groups is 1. The molecular formula is C7H11F2N3O3S. The molecule has 6 nitrogen and oxygen atoms in total. The fourth-order valence-electron chi connectivity index (χ4n) is 1.18. The molecule has 0 aliphatic carbocycles. The maximum absolute atomic E-state index is 11.9. The molecule has 0 aliphatic heterocycles. The van der Waals surface area contributed by atoms with Gasteiger partial charge in [-0.2, -0.15) is 5.10 Å². The van der Waals surface area contributed by atoms with E-state index in [2.05, 4.69) is 10.2 Å². The Hall–Kier alpha value is -1.06. The Morgan fingerprint density at radius 3 is 2.69 bits per heavy atom. The molecular weight excluding hydrogens is 244 g/mol. The third kappa shape index (κ3) is 2.74. The highest BCUT2D eigenvalue weighted by atomic mass is 32.2. The van der Waals surface area contributed by atoms with Gasteiger partial charge in [0.05, 0.1) is 18.8 Å². The van der Waals surface area contributed by atoms with E-state index in [1.807, 2.05) is 0 Å². The van der Waals surface area contributed by atoms with Crippen molar-refractivity contribution >= 4 is 10.0 Å². The van der Waals surface area contributed by atoms with E-state index in [9.17, 15) is 17.2 Å². The molecule has 0 atom stereocenters. The Kier molecular flexibility index (Phi) is 3.94. The second kappa shape index (κ2) is 4.85. The third-order valence-corrected chi connectivity index (χ3v) is 3.43. The fraction of sp³-hybridized carbons (Fsp3) is 0.571. The average molecular weight is 255 g/mol. The SMILES string of the molecule is Cc1[nH]nc(CO)c1S(=O)(=O)NCC(F)F. The van der Waals surface area contributed by atoms with Crippen LogP contribution in [0, 0.1) is 6.92 Å². The monoisotopic (exact) mass is 255 g/mol. The van der Waals surface area contributed by atoms with Crippen molar-refractivity contribution in [2.75, 3.05) is 6.54 Å². The molecule has 3 N–H and O–H groups in total. The molecule has 0 fully saturated rings. The minimum absolute atomic E-state index is 0.0979. The van der Waals surface area contributed by atoms with Gasteiger partial charge in [0, 0.05) is 0 Å². The van der Waals surface area contributed by atoms with Crippen LogP contribution in [0.3, 0.4) is 0 Å². The van der Waals surface area contributed by atoms with E-state index in [0.29, 0.717) is 0 Å². The van der Waals surface area contributed by atoms with E-state index in [1.165, 1.54) is 6.92 Å². The predicted octanol–water partition coefficient (Wildman–Crippen LogP) is -0.246.